The molecule has 2 aromatic heterocycles. The molecule has 0 aliphatic heterocycles. The Hall–Kier alpha value is -3.15. The molecule has 28 heavy (non-hydrogen) atoms. The number of nitrogens with zero attached hydrogens (tertiary/aromatic N) is 3. The molecule has 0 amide bonds. The molecule has 0 aliphatic rings. The minimum atomic E-state index is -2.67. The summed E-state index contributed by atoms with van der Waals surface area (Å²) in [6.07, 6.45) is -2.67. The van der Waals surface area contributed by atoms with Gasteiger partial charge in [0.15, 0.2) is 5.65 Å². The van der Waals surface area contributed by atoms with Gasteiger partial charge in [-0.15, -0.1) is 0 Å². The Morgan fingerprint density at radius 2 is 1.64 bits per heavy atom. The lowest BCUT2D eigenvalue weighted by Gasteiger charge is -2.09. The van der Waals surface area contributed by atoms with Crippen molar-refractivity contribution in [2.45, 2.75) is 26.8 Å². The molecule has 0 unspecified atom stereocenters. The van der Waals surface area contributed by atoms with Crippen molar-refractivity contribution in [2.75, 3.05) is 0 Å². The smallest absolute Gasteiger partial charge is 0.243 e. The normalized spacial score (nSPS) is 11.5. The first-order chi connectivity index (χ1) is 13.4. The maximum atomic E-state index is 13.8. The summed E-state index contributed by atoms with van der Waals surface area (Å²) in [5.41, 5.74) is 3.88. The van der Waals surface area contributed by atoms with Crippen LogP contribution < -0.4 is 0 Å². The molecule has 4 aromatic rings. The molecule has 0 atom stereocenters. The predicted molar refractivity (Wildman–Crippen MR) is 103 cm³/mol. The zero-order valence-electron chi connectivity index (χ0n) is 15.5. The Bertz CT molecular complexity index is 1130. The molecule has 0 aliphatic carbocycles. The highest BCUT2D eigenvalue weighted by Gasteiger charge is 2.21. The fourth-order valence-corrected chi connectivity index (χ4v) is 3.30. The number of fused-ring (bicyclic) bond motifs is 1. The second-order valence-electron chi connectivity index (χ2n) is 6.83. The molecule has 0 fully saturated rings. The largest absolute Gasteiger partial charge is 0.264 e. The number of alkyl halides is 2. The van der Waals surface area contributed by atoms with Crippen molar-refractivity contribution in [2.24, 2.45) is 0 Å². The third-order valence-electron chi connectivity index (χ3n) is 4.74. The number of halogens is 3. The van der Waals surface area contributed by atoms with Crippen LogP contribution in [0.5, 0.6) is 0 Å². The van der Waals surface area contributed by atoms with Crippen LogP contribution in [-0.2, 0) is 6.54 Å². The number of hydrogen-bond acceptors (Lipinski definition) is 2. The molecule has 0 saturated carbocycles. The second kappa shape index (κ2) is 7.11. The Morgan fingerprint density at radius 1 is 0.964 bits per heavy atom. The van der Waals surface area contributed by atoms with Gasteiger partial charge in [0.1, 0.15) is 5.82 Å². The summed E-state index contributed by atoms with van der Waals surface area (Å²) in [6, 6.07) is 15.0. The molecule has 0 radical (unpaired) electrons. The lowest BCUT2D eigenvalue weighted by atomic mass is 10.1. The molecule has 2 aromatic carbocycles. The lowest BCUT2D eigenvalue weighted by molar-refractivity contribution is 0.153. The average Bonchev–Trinajstić information content (AvgIpc) is 2.99. The van der Waals surface area contributed by atoms with Crippen LogP contribution in [0.1, 0.15) is 28.8 Å². The number of hydrogen-bond donors (Lipinski definition) is 0. The van der Waals surface area contributed by atoms with E-state index in [0.29, 0.717) is 34.5 Å². The number of aromatic nitrogens is 3. The van der Waals surface area contributed by atoms with E-state index in [1.54, 1.807) is 11.6 Å². The minimum Gasteiger partial charge on any atom is -0.243 e. The van der Waals surface area contributed by atoms with Gasteiger partial charge in [0.25, 0.3) is 6.43 Å². The van der Waals surface area contributed by atoms with Gasteiger partial charge in [0.05, 0.1) is 23.3 Å². The fraction of sp³-hybridized carbons (Fsp3) is 0.182. The van der Waals surface area contributed by atoms with E-state index in [9.17, 15) is 13.2 Å². The third kappa shape index (κ3) is 3.38. The summed E-state index contributed by atoms with van der Waals surface area (Å²) < 4.78 is 42.5. The molecule has 0 saturated heterocycles. The number of rotatable bonds is 4. The molecule has 142 valence electrons. The SMILES string of the molecule is Cc1ccc(Cn2nc(C)c3c(C(F)F)cc(-c4ccc(F)cc4)nc32)cc1. The summed E-state index contributed by atoms with van der Waals surface area (Å²) in [4.78, 5) is 4.60. The van der Waals surface area contributed by atoms with Crippen molar-refractivity contribution in [1.29, 1.82) is 0 Å². The topological polar surface area (TPSA) is 30.7 Å². The molecule has 0 spiro atoms. The maximum absolute atomic E-state index is 13.8. The highest BCUT2D eigenvalue weighted by Crippen LogP contribution is 2.33. The summed E-state index contributed by atoms with van der Waals surface area (Å²) >= 11 is 0. The first-order valence-corrected chi connectivity index (χ1v) is 8.90. The Morgan fingerprint density at radius 3 is 2.29 bits per heavy atom. The fourth-order valence-electron chi connectivity index (χ4n) is 3.30. The van der Waals surface area contributed by atoms with E-state index in [0.717, 1.165) is 11.1 Å². The molecule has 4 rings (SSSR count). The Kier molecular flexibility index (Phi) is 4.63. The van der Waals surface area contributed by atoms with Gasteiger partial charge in [-0.1, -0.05) is 29.8 Å². The van der Waals surface area contributed by atoms with E-state index in [4.69, 9.17) is 0 Å². The van der Waals surface area contributed by atoms with E-state index < -0.39 is 6.43 Å². The van der Waals surface area contributed by atoms with Gasteiger partial charge in [-0.05, 0) is 49.7 Å². The quantitative estimate of drug-likeness (QED) is 0.445. The molecule has 3 nitrogen and oxygen atoms in total. The van der Waals surface area contributed by atoms with Crippen LogP contribution in [0.2, 0.25) is 0 Å². The predicted octanol–water partition coefficient (Wildman–Crippen LogP) is 5.84. The third-order valence-corrected chi connectivity index (χ3v) is 4.74. The number of benzene rings is 2. The summed E-state index contributed by atoms with van der Waals surface area (Å²) in [6.45, 7) is 4.13. The van der Waals surface area contributed by atoms with Crippen molar-refractivity contribution in [3.05, 3.63) is 82.8 Å². The van der Waals surface area contributed by atoms with Gasteiger partial charge in [-0.2, -0.15) is 5.10 Å². The van der Waals surface area contributed by atoms with Crippen LogP contribution in [0.25, 0.3) is 22.3 Å². The van der Waals surface area contributed by atoms with Crippen LogP contribution >= 0.6 is 0 Å². The molecule has 0 bridgehead atoms. The van der Waals surface area contributed by atoms with E-state index in [1.807, 2.05) is 31.2 Å². The van der Waals surface area contributed by atoms with Crippen LogP contribution in [0.15, 0.2) is 54.6 Å². The van der Waals surface area contributed by atoms with Crippen LogP contribution in [0, 0.1) is 19.7 Å². The number of pyridine rings is 1. The minimum absolute atomic E-state index is 0.114. The molecule has 6 heteroatoms. The lowest BCUT2D eigenvalue weighted by Crippen LogP contribution is -2.04. The van der Waals surface area contributed by atoms with E-state index in [-0.39, 0.29) is 11.4 Å². The van der Waals surface area contributed by atoms with Gasteiger partial charge >= 0.3 is 0 Å². The van der Waals surface area contributed by atoms with Gasteiger partial charge in [0, 0.05) is 11.1 Å². The highest BCUT2D eigenvalue weighted by molar-refractivity contribution is 5.85. The summed E-state index contributed by atoms with van der Waals surface area (Å²) in [5, 5.41) is 4.83. The maximum Gasteiger partial charge on any atom is 0.264 e. The first kappa shape index (κ1) is 18.2. The van der Waals surface area contributed by atoms with E-state index in [2.05, 4.69) is 10.1 Å². The zero-order valence-corrected chi connectivity index (χ0v) is 15.5. The Labute approximate surface area is 160 Å². The molecule has 0 N–H and O–H groups in total. The summed E-state index contributed by atoms with van der Waals surface area (Å²) in [5.74, 6) is -0.390. The Balaban J connectivity index is 1.89. The molecule has 2 heterocycles. The van der Waals surface area contributed by atoms with Crippen LogP contribution in [0.3, 0.4) is 0 Å². The van der Waals surface area contributed by atoms with Crippen molar-refractivity contribution < 1.29 is 13.2 Å². The van der Waals surface area contributed by atoms with E-state index in [1.165, 1.54) is 30.3 Å². The van der Waals surface area contributed by atoms with Crippen molar-refractivity contribution >= 4 is 11.0 Å². The van der Waals surface area contributed by atoms with Crippen molar-refractivity contribution in [1.82, 2.24) is 14.8 Å². The van der Waals surface area contributed by atoms with Crippen molar-refractivity contribution in [3.8, 4) is 11.3 Å². The van der Waals surface area contributed by atoms with Crippen LogP contribution in [0.4, 0.5) is 13.2 Å². The standard InChI is InChI=1S/C22H18F3N3/c1-13-3-5-15(6-4-13)12-28-22-20(14(2)27-28)18(21(24)25)11-19(26-22)16-7-9-17(23)10-8-16/h3-11,21H,12H2,1-2H3. The number of aryl methyl sites for hydroxylation is 2. The van der Waals surface area contributed by atoms with Gasteiger partial charge < -0.3 is 0 Å². The first-order valence-electron chi connectivity index (χ1n) is 8.90. The second-order valence-corrected chi connectivity index (χ2v) is 6.83. The summed E-state index contributed by atoms with van der Waals surface area (Å²) in [7, 11) is 0. The van der Waals surface area contributed by atoms with Gasteiger partial charge in [0.2, 0.25) is 0 Å². The zero-order chi connectivity index (χ0) is 19.8. The highest BCUT2D eigenvalue weighted by atomic mass is 19.3. The van der Waals surface area contributed by atoms with Gasteiger partial charge in [-0.3, -0.25) is 0 Å². The van der Waals surface area contributed by atoms with Crippen LogP contribution in [-0.4, -0.2) is 14.8 Å². The van der Waals surface area contributed by atoms with Crippen molar-refractivity contribution in [3.63, 3.8) is 0 Å². The van der Waals surface area contributed by atoms with Gasteiger partial charge in [-0.25, -0.2) is 22.8 Å². The average molecular weight is 381 g/mol. The molecular weight excluding hydrogens is 363 g/mol. The molecular formula is C22H18F3N3. The van der Waals surface area contributed by atoms with E-state index >= 15 is 0 Å². The monoisotopic (exact) mass is 381 g/mol.